The first-order valence-corrected chi connectivity index (χ1v) is 10.0. The van der Waals surface area contributed by atoms with Crippen LogP contribution in [0.5, 0.6) is 5.75 Å². The summed E-state index contributed by atoms with van der Waals surface area (Å²) in [5, 5.41) is 8.99. The van der Waals surface area contributed by atoms with Crippen LogP contribution in [0.15, 0.2) is 18.2 Å². The van der Waals surface area contributed by atoms with Crippen LogP contribution >= 0.6 is 0 Å². The van der Waals surface area contributed by atoms with Gasteiger partial charge < -0.3 is 20.5 Å². The van der Waals surface area contributed by atoms with Crippen LogP contribution < -0.4 is 10.5 Å². The summed E-state index contributed by atoms with van der Waals surface area (Å²) in [5.41, 5.74) is 5.87. The fourth-order valence-electron chi connectivity index (χ4n) is 4.10. The van der Waals surface area contributed by atoms with Gasteiger partial charge >= 0.3 is 5.97 Å². The highest BCUT2D eigenvalue weighted by Crippen LogP contribution is 2.33. The number of nitrogens with two attached hydrogens (primary N) is 1. The van der Waals surface area contributed by atoms with E-state index in [1.54, 1.807) is 0 Å². The summed E-state index contributed by atoms with van der Waals surface area (Å²) < 4.78 is 19.7. The Balaban J connectivity index is 1.47. The quantitative estimate of drug-likeness (QED) is 0.744. The van der Waals surface area contributed by atoms with Gasteiger partial charge in [0.25, 0.3) is 0 Å². The molecule has 1 amide bonds. The average molecular weight is 392 g/mol. The van der Waals surface area contributed by atoms with Crippen LogP contribution in [0.4, 0.5) is 4.39 Å². The first-order valence-electron chi connectivity index (χ1n) is 10.0. The van der Waals surface area contributed by atoms with E-state index in [1.807, 2.05) is 11.9 Å². The molecule has 2 saturated carbocycles. The molecule has 7 heteroatoms. The zero-order valence-electron chi connectivity index (χ0n) is 16.3. The first-order chi connectivity index (χ1) is 13.4. The summed E-state index contributed by atoms with van der Waals surface area (Å²) in [6, 6.07) is 4.02. The maximum atomic E-state index is 14.1. The van der Waals surface area contributed by atoms with Crippen LogP contribution in [0.3, 0.4) is 0 Å². The molecule has 2 aliphatic carbocycles. The van der Waals surface area contributed by atoms with Crippen molar-refractivity contribution in [3.8, 4) is 5.75 Å². The number of carboxylic acid groups (broad SMARTS) is 1. The molecular formula is C21H29FN2O4. The summed E-state index contributed by atoms with van der Waals surface area (Å²) in [7, 11) is 1.85. The molecule has 0 spiro atoms. The standard InChI is InChI=1S/C21H29FN2O4/c1-24(15-4-2-5-15)20(25)19(23)14-10-8-13(9-11-14)12-28-17-7-3-6-16(18(17)22)21(26)27/h3,6-7,13-15,19H,2,4-5,8-12,23H2,1H3,(H,26,27)/t13?,14?,19-/m0/s1. The fraction of sp³-hybridized carbons (Fsp3) is 0.619. The number of carboxylic acids is 1. The van der Waals surface area contributed by atoms with Crippen LogP contribution in [0, 0.1) is 17.7 Å². The van der Waals surface area contributed by atoms with E-state index in [2.05, 4.69) is 0 Å². The molecule has 0 unspecified atom stereocenters. The van der Waals surface area contributed by atoms with E-state index in [9.17, 15) is 14.0 Å². The zero-order valence-corrected chi connectivity index (χ0v) is 16.3. The maximum Gasteiger partial charge on any atom is 0.338 e. The van der Waals surface area contributed by atoms with Crippen molar-refractivity contribution in [2.24, 2.45) is 17.6 Å². The molecule has 28 heavy (non-hydrogen) atoms. The minimum atomic E-state index is -1.31. The lowest BCUT2D eigenvalue weighted by atomic mass is 9.78. The van der Waals surface area contributed by atoms with Gasteiger partial charge in [0.15, 0.2) is 11.6 Å². The van der Waals surface area contributed by atoms with Crippen molar-refractivity contribution in [2.75, 3.05) is 13.7 Å². The molecule has 0 bridgehead atoms. The van der Waals surface area contributed by atoms with Crippen molar-refractivity contribution in [2.45, 2.75) is 57.0 Å². The molecule has 1 aromatic carbocycles. The SMILES string of the molecule is CN(C(=O)[C@@H](N)C1CCC(COc2cccc(C(=O)O)c2F)CC1)C1CCC1. The Bertz CT molecular complexity index is 714. The van der Waals surface area contributed by atoms with Crippen LogP contribution in [0.2, 0.25) is 0 Å². The Morgan fingerprint density at radius 1 is 1.25 bits per heavy atom. The van der Waals surface area contributed by atoms with Gasteiger partial charge in [-0.2, -0.15) is 0 Å². The molecule has 0 heterocycles. The van der Waals surface area contributed by atoms with E-state index in [-0.39, 0.29) is 29.1 Å². The molecular weight excluding hydrogens is 363 g/mol. The van der Waals surface area contributed by atoms with Crippen molar-refractivity contribution in [1.29, 1.82) is 0 Å². The molecule has 154 valence electrons. The number of amides is 1. The van der Waals surface area contributed by atoms with Gasteiger partial charge in [0.2, 0.25) is 5.91 Å². The number of aromatic carboxylic acids is 1. The summed E-state index contributed by atoms with van der Waals surface area (Å²) in [4.78, 5) is 25.4. The Kier molecular flexibility index (Phi) is 6.54. The largest absolute Gasteiger partial charge is 0.490 e. The molecule has 0 radical (unpaired) electrons. The van der Waals surface area contributed by atoms with Crippen molar-refractivity contribution in [1.82, 2.24) is 4.90 Å². The summed E-state index contributed by atoms with van der Waals surface area (Å²) >= 11 is 0. The molecule has 6 nitrogen and oxygen atoms in total. The van der Waals surface area contributed by atoms with E-state index in [4.69, 9.17) is 15.6 Å². The number of carbonyl (C=O) groups excluding carboxylic acids is 1. The number of halogens is 1. The molecule has 2 fully saturated rings. The number of carbonyl (C=O) groups is 2. The number of hydrogen-bond acceptors (Lipinski definition) is 4. The van der Waals surface area contributed by atoms with Gasteiger partial charge in [-0.3, -0.25) is 4.79 Å². The van der Waals surface area contributed by atoms with Gasteiger partial charge in [-0.15, -0.1) is 0 Å². The highest BCUT2D eigenvalue weighted by Gasteiger charge is 2.34. The third-order valence-electron chi connectivity index (χ3n) is 6.32. The molecule has 2 aliphatic rings. The molecule has 0 saturated heterocycles. The van der Waals surface area contributed by atoms with E-state index in [0.717, 1.165) is 38.5 Å². The molecule has 1 atom stereocenters. The van der Waals surface area contributed by atoms with Gasteiger partial charge in [-0.05, 0) is 68.9 Å². The number of likely N-dealkylation sites (N-methyl/N-ethyl adjacent to an activating group) is 1. The first kappa shape index (κ1) is 20.6. The zero-order chi connectivity index (χ0) is 20.3. The minimum Gasteiger partial charge on any atom is -0.490 e. The lowest BCUT2D eigenvalue weighted by Gasteiger charge is -2.38. The number of hydrogen-bond donors (Lipinski definition) is 2. The average Bonchev–Trinajstić information content (AvgIpc) is 2.64. The van der Waals surface area contributed by atoms with E-state index >= 15 is 0 Å². The molecule has 0 aromatic heterocycles. The molecule has 1 aromatic rings. The highest BCUT2D eigenvalue weighted by molar-refractivity contribution is 5.88. The Morgan fingerprint density at radius 3 is 2.50 bits per heavy atom. The van der Waals surface area contributed by atoms with Gasteiger partial charge in [0.1, 0.15) is 0 Å². The molecule has 3 N–H and O–H groups in total. The topological polar surface area (TPSA) is 92.9 Å². The summed E-state index contributed by atoms with van der Waals surface area (Å²) in [6.45, 7) is 0.331. The van der Waals surface area contributed by atoms with E-state index in [0.29, 0.717) is 12.6 Å². The molecule has 0 aliphatic heterocycles. The third-order valence-corrected chi connectivity index (χ3v) is 6.32. The highest BCUT2D eigenvalue weighted by atomic mass is 19.1. The second-order valence-electron chi connectivity index (χ2n) is 8.07. The summed E-state index contributed by atoms with van der Waals surface area (Å²) in [5.74, 6) is -1.73. The maximum absolute atomic E-state index is 14.1. The van der Waals surface area contributed by atoms with Crippen molar-refractivity contribution in [3.63, 3.8) is 0 Å². The predicted octanol–water partition coefficient (Wildman–Crippen LogP) is 3.05. The van der Waals surface area contributed by atoms with Crippen molar-refractivity contribution in [3.05, 3.63) is 29.6 Å². The van der Waals surface area contributed by atoms with E-state index < -0.39 is 17.8 Å². The smallest absolute Gasteiger partial charge is 0.338 e. The lowest BCUT2D eigenvalue weighted by molar-refractivity contribution is -0.136. The van der Waals surface area contributed by atoms with Gasteiger partial charge in [-0.25, -0.2) is 9.18 Å². The fourth-order valence-corrected chi connectivity index (χ4v) is 4.10. The van der Waals surface area contributed by atoms with Crippen LogP contribution in [-0.2, 0) is 4.79 Å². The second kappa shape index (κ2) is 8.90. The minimum absolute atomic E-state index is 0.0315. The number of rotatable bonds is 7. The van der Waals surface area contributed by atoms with Crippen molar-refractivity contribution >= 4 is 11.9 Å². The summed E-state index contributed by atoms with van der Waals surface area (Å²) in [6.07, 6.45) is 6.72. The monoisotopic (exact) mass is 392 g/mol. The van der Waals surface area contributed by atoms with Crippen LogP contribution in [-0.4, -0.2) is 47.6 Å². The lowest BCUT2D eigenvalue weighted by Crippen LogP contribution is -2.52. The normalized spacial score (nSPS) is 23.5. The van der Waals surface area contributed by atoms with Crippen LogP contribution in [0.1, 0.15) is 55.3 Å². The van der Waals surface area contributed by atoms with Gasteiger partial charge in [-0.1, -0.05) is 6.07 Å². The third kappa shape index (κ3) is 4.46. The van der Waals surface area contributed by atoms with Crippen LogP contribution in [0.25, 0.3) is 0 Å². The Hall–Kier alpha value is -2.15. The number of ether oxygens (including phenoxy) is 1. The second-order valence-corrected chi connectivity index (χ2v) is 8.07. The van der Waals surface area contributed by atoms with Crippen molar-refractivity contribution < 1.29 is 23.8 Å². The van der Waals surface area contributed by atoms with E-state index in [1.165, 1.54) is 24.6 Å². The number of benzene rings is 1. The van der Waals surface area contributed by atoms with Gasteiger partial charge in [0, 0.05) is 13.1 Å². The Labute approximate surface area is 164 Å². The predicted molar refractivity (Wildman–Crippen MR) is 103 cm³/mol. The molecule has 3 rings (SSSR count). The van der Waals surface area contributed by atoms with Gasteiger partial charge in [0.05, 0.1) is 18.2 Å². The number of nitrogens with zero attached hydrogens (tertiary/aromatic N) is 1. The Morgan fingerprint density at radius 2 is 1.93 bits per heavy atom.